The monoisotopic (exact) mass is 347 g/mol. The smallest absolute Gasteiger partial charge is 0.142 e. The summed E-state index contributed by atoms with van der Waals surface area (Å²) >= 11 is 3.54. The zero-order valence-electron chi connectivity index (χ0n) is 12.2. The minimum Gasteiger partial charge on any atom is -0.466 e. The molecule has 3 nitrogen and oxygen atoms in total. The molecule has 0 amide bonds. The number of nitrogens with one attached hydrogen (secondary N) is 1. The van der Waals surface area contributed by atoms with Crippen molar-refractivity contribution in [3.8, 4) is 0 Å². The van der Waals surface area contributed by atoms with Gasteiger partial charge in [-0.1, -0.05) is 18.6 Å². The fraction of sp³-hybridized carbons (Fsp3) is 0.294. The van der Waals surface area contributed by atoms with Crippen LogP contribution in [-0.2, 0) is 0 Å². The summed E-state index contributed by atoms with van der Waals surface area (Å²) in [5, 5.41) is 4.61. The van der Waals surface area contributed by atoms with E-state index < -0.39 is 0 Å². The van der Waals surface area contributed by atoms with E-state index in [4.69, 9.17) is 8.83 Å². The highest BCUT2D eigenvalue weighted by Gasteiger charge is 2.23. The van der Waals surface area contributed by atoms with Gasteiger partial charge in [0.25, 0.3) is 0 Å². The van der Waals surface area contributed by atoms with Crippen molar-refractivity contribution in [3.63, 3.8) is 0 Å². The van der Waals surface area contributed by atoms with Crippen LogP contribution >= 0.6 is 15.9 Å². The maximum absolute atomic E-state index is 6.02. The second-order valence-electron chi connectivity index (χ2n) is 5.21. The lowest BCUT2D eigenvalue weighted by Crippen LogP contribution is -2.22. The van der Waals surface area contributed by atoms with Gasteiger partial charge in [0.1, 0.15) is 23.1 Å². The number of furan rings is 2. The highest BCUT2D eigenvalue weighted by molar-refractivity contribution is 9.10. The molecule has 0 aliphatic rings. The van der Waals surface area contributed by atoms with Crippen LogP contribution in [0.15, 0.2) is 49.9 Å². The zero-order valence-corrected chi connectivity index (χ0v) is 13.7. The van der Waals surface area contributed by atoms with E-state index in [1.807, 2.05) is 12.1 Å². The molecule has 0 fully saturated rings. The first-order chi connectivity index (χ1) is 10.2. The number of hydrogen-bond acceptors (Lipinski definition) is 3. The fourth-order valence-electron chi connectivity index (χ4n) is 2.45. The molecule has 0 spiro atoms. The Morgan fingerprint density at radius 2 is 2.10 bits per heavy atom. The Hall–Kier alpha value is -1.52. The molecule has 1 N–H and O–H groups in total. The molecule has 110 valence electrons. The second-order valence-corrected chi connectivity index (χ2v) is 6.06. The summed E-state index contributed by atoms with van der Waals surface area (Å²) < 4.78 is 12.6. The standard InChI is InChI=1S/C17H18BrNO2/c1-3-7-19-16(17-13(18)6-8-20-17)15-10-12-9-11(2)4-5-14(12)21-15/h4-6,8-10,16,19H,3,7H2,1-2H3. The Morgan fingerprint density at radius 3 is 2.81 bits per heavy atom. The predicted molar refractivity (Wildman–Crippen MR) is 87.5 cm³/mol. The summed E-state index contributed by atoms with van der Waals surface area (Å²) in [4.78, 5) is 0. The summed E-state index contributed by atoms with van der Waals surface area (Å²) in [6.07, 6.45) is 2.74. The molecule has 2 aromatic heterocycles. The number of halogens is 1. The van der Waals surface area contributed by atoms with Gasteiger partial charge in [0.05, 0.1) is 10.7 Å². The van der Waals surface area contributed by atoms with Crippen molar-refractivity contribution in [3.05, 3.63) is 58.2 Å². The van der Waals surface area contributed by atoms with E-state index in [-0.39, 0.29) is 6.04 Å². The lowest BCUT2D eigenvalue weighted by Gasteiger charge is -2.14. The van der Waals surface area contributed by atoms with Gasteiger partial charge >= 0.3 is 0 Å². The van der Waals surface area contributed by atoms with Crippen LogP contribution in [0.4, 0.5) is 0 Å². The largest absolute Gasteiger partial charge is 0.466 e. The van der Waals surface area contributed by atoms with Crippen molar-refractivity contribution in [2.75, 3.05) is 6.54 Å². The van der Waals surface area contributed by atoms with E-state index in [2.05, 4.69) is 53.3 Å². The van der Waals surface area contributed by atoms with E-state index in [1.165, 1.54) is 5.56 Å². The van der Waals surface area contributed by atoms with Crippen LogP contribution in [0.5, 0.6) is 0 Å². The molecule has 0 radical (unpaired) electrons. The van der Waals surface area contributed by atoms with Crippen LogP contribution in [0.1, 0.15) is 36.5 Å². The second kappa shape index (κ2) is 6.08. The molecular weight excluding hydrogens is 330 g/mol. The molecule has 0 aliphatic carbocycles. The first-order valence-electron chi connectivity index (χ1n) is 7.15. The quantitative estimate of drug-likeness (QED) is 0.690. The van der Waals surface area contributed by atoms with Gasteiger partial charge in [0, 0.05) is 5.39 Å². The maximum Gasteiger partial charge on any atom is 0.142 e. The Kier molecular flexibility index (Phi) is 4.17. The lowest BCUT2D eigenvalue weighted by molar-refractivity contribution is 0.397. The third-order valence-corrected chi connectivity index (χ3v) is 4.14. The summed E-state index contributed by atoms with van der Waals surface area (Å²) in [5.41, 5.74) is 2.13. The van der Waals surface area contributed by atoms with Crippen molar-refractivity contribution in [1.29, 1.82) is 0 Å². The van der Waals surface area contributed by atoms with Gasteiger partial charge in [-0.3, -0.25) is 0 Å². The third kappa shape index (κ3) is 2.92. The molecule has 0 aliphatic heterocycles. The molecule has 1 atom stereocenters. The van der Waals surface area contributed by atoms with Gasteiger partial charge in [-0.2, -0.15) is 0 Å². The number of rotatable bonds is 5. The average Bonchev–Trinajstić information content (AvgIpc) is 3.06. The summed E-state index contributed by atoms with van der Waals surface area (Å²) in [7, 11) is 0. The molecule has 2 heterocycles. The molecule has 4 heteroatoms. The van der Waals surface area contributed by atoms with Gasteiger partial charge < -0.3 is 14.2 Å². The lowest BCUT2D eigenvalue weighted by atomic mass is 10.1. The number of fused-ring (bicyclic) bond motifs is 1. The van der Waals surface area contributed by atoms with Crippen LogP contribution in [0.25, 0.3) is 11.0 Å². The van der Waals surface area contributed by atoms with Crippen LogP contribution in [-0.4, -0.2) is 6.54 Å². The molecule has 0 saturated heterocycles. The summed E-state index contributed by atoms with van der Waals surface area (Å²) in [6, 6.07) is 10.1. The third-order valence-electron chi connectivity index (χ3n) is 3.48. The number of benzene rings is 1. The number of hydrogen-bond donors (Lipinski definition) is 1. The van der Waals surface area contributed by atoms with Gasteiger partial charge in [0.2, 0.25) is 0 Å². The minimum absolute atomic E-state index is 0.0815. The highest BCUT2D eigenvalue weighted by atomic mass is 79.9. The molecule has 21 heavy (non-hydrogen) atoms. The van der Waals surface area contributed by atoms with Gasteiger partial charge in [-0.05, 0) is 60.1 Å². The van der Waals surface area contributed by atoms with Crippen LogP contribution in [0.2, 0.25) is 0 Å². The zero-order chi connectivity index (χ0) is 14.8. The first-order valence-corrected chi connectivity index (χ1v) is 7.94. The van der Waals surface area contributed by atoms with Crippen molar-refractivity contribution in [2.45, 2.75) is 26.3 Å². The normalized spacial score (nSPS) is 12.9. The molecule has 1 unspecified atom stereocenters. The molecule has 0 saturated carbocycles. The van der Waals surface area contributed by atoms with E-state index in [1.54, 1.807) is 6.26 Å². The Morgan fingerprint density at radius 1 is 1.24 bits per heavy atom. The van der Waals surface area contributed by atoms with Crippen LogP contribution in [0, 0.1) is 6.92 Å². The van der Waals surface area contributed by atoms with Crippen LogP contribution in [0.3, 0.4) is 0 Å². The summed E-state index contributed by atoms with van der Waals surface area (Å²) in [5.74, 6) is 1.72. The van der Waals surface area contributed by atoms with E-state index in [0.29, 0.717) is 0 Å². The van der Waals surface area contributed by atoms with Gasteiger partial charge in [-0.25, -0.2) is 0 Å². The van der Waals surface area contributed by atoms with Gasteiger partial charge in [-0.15, -0.1) is 0 Å². The average molecular weight is 348 g/mol. The molecule has 0 bridgehead atoms. The van der Waals surface area contributed by atoms with Crippen molar-refractivity contribution in [1.82, 2.24) is 5.32 Å². The van der Waals surface area contributed by atoms with Crippen molar-refractivity contribution < 1.29 is 8.83 Å². The Bertz CT molecular complexity index is 744. The fourth-order valence-corrected chi connectivity index (χ4v) is 2.88. The van der Waals surface area contributed by atoms with Crippen molar-refractivity contribution in [2.24, 2.45) is 0 Å². The first kappa shape index (κ1) is 14.4. The molecule has 3 aromatic rings. The van der Waals surface area contributed by atoms with E-state index in [9.17, 15) is 0 Å². The highest BCUT2D eigenvalue weighted by Crippen LogP contribution is 2.33. The molecule has 3 rings (SSSR count). The number of aryl methyl sites for hydroxylation is 1. The van der Waals surface area contributed by atoms with Crippen LogP contribution < -0.4 is 5.32 Å². The molecule has 1 aromatic carbocycles. The van der Waals surface area contributed by atoms with E-state index >= 15 is 0 Å². The van der Waals surface area contributed by atoms with Crippen molar-refractivity contribution >= 4 is 26.9 Å². The Balaban J connectivity index is 2.03. The summed E-state index contributed by atoms with van der Waals surface area (Å²) in [6.45, 7) is 5.12. The molecular formula is C17H18BrNO2. The SMILES string of the molecule is CCCNC(c1cc2cc(C)ccc2o1)c1occc1Br. The topological polar surface area (TPSA) is 38.3 Å². The minimum atomic E-state index is -0.0815. The van der Waals surface area contributed by atoms with Gasteiger partial charge in [0.15, 0.2) is 0 Å². The maximum atomic E-state index is 6.02. The predicted octanol–water partition coefficient (Wildman–Crippen LogP) is 5.19. The Labute approximate surface area is 132 Å². The van der Waals surface area contributed by atoms with E-state index in [0.717, 1.165) is 39.9 Å².